The minimum absolute atomic E-state index is 0.199. The summed E-state index contributed by atoms with van der Waals surface area (Å²) < 4.78 is 0. The number of nitrogens with one attached hydrogen (secondary N) is 2. The Hall–Kier alpha value is -1.98. The molecule has 0 heterocycles. The first-order chi connectivity index (χ1) is 11.5. The molecule has 0 radical (unpaired) electrons. The molecule has 0 aromatic heterocycles. The van der Waals surface area contributed by atoms with E-state index >= 15 is 0 Å². The van der Waals surface area contributed by atoms with Crippen molar-refractivity contribution in [3.05, 3.63) is 65.2 Å². The van der Waals surface area contributed by atoms with Gasteiger partial charge in [0.15, 0.2) is 0 Å². The SMILES string of the molecule is CC(=O)NC(CSc1ccc(Cl)cc1)C(=O)NCc1ccccc1. The Morgan fingerprint density at radius 1 is 1.08 bits per heavy atom. The second kappa shape index (κ2) is 9.35. The molecule has 2 rings (SSSR count). The fourth-order valence-electron chi connectivity index (χ4n) is 2.05. The lowest BCUT2D eigenvalue weighted by molar-refractivity contribution is -0.127. The predicted octanol–water partition coefficient (Wildman–Crippen LogP) is 3.25. The number of thioether (sulfide) groups is 1. The molecule has 0 aliphatic carbocycles. The van der Waals surface area contributed by atoms with Crippen molar-refractivity contribution in [2.75, 3.05) is 5.75 Å². The van der Waals surface area contributed by atoms with E-state index in [2.05, 4.69) is 10.6 Å². The highest BCUT2D eigenvalue weighted by molar-refractivity contribution is 7.99. The van der Waals surface area contributed by atoms with Gasteiger partial charge in [-0.2, -0.15) is 0 Å². The van der Waals surface area contributed by atoms with Crippen LogP contribution in [0.15, 0.2) is 59.5 Å². The molecule has 1 unspecified atom stereocenters. The fraction of sp³-hybridized carbons (Fsp3) is 0.222. The number of benzene rings is 2. The molecular weight excluding hydrogens is 344 g/mol. The van der Waals surface area contributed by atoms with Crippen LogP contribution in [-0.2, 0) is 16.1 Å². The summed E-state index contributed by atoms with van der Waals surface area (Å²) in [6.45, 7) is 1.84. The number of hydrogen-bond donors (Lipinski definition) is 2. The van der Waals surface area contributed by atoms with Gasteiger partial charge in [0.05, 0.1) is 0 Å². The molecule has 0 fully saturated rings. The standard InChI is InChI=1S/C18H19ClN2O2S/c1-13(22)21-17(12-24-16-9-7-15(19)8-10-16)18(23)20-11-14-5-3-2-4-6-14/h2-10,17H,11-12H2,1H3,(H,20,23)(H,21,22). The Bertz CT molecular complexity index is 677. The van der Waals surface area contributed by atoms with E-state index in [9.17, 15) is 9.59 Å². The van der Waals surface area contributed by atoms with Crippen LogP contribution in [0.2, 0.25) is 5.02 Å². The molecule has 24 heavy (non-hydrogen) atoms. The summed E-state index contributed by atoms with van der Waals surface area (Å²) in [5.74, 6) is 0.0176. The van der Waals surface area contributed by atoms with Gasteiger partial charge in [0.1, 0.15) is 6.04 Å². The third kappa shape index (κ3) is 6.26. The van der Waals surface area contributed by atoms with E-state index in [1.807, 2.05) is 42.5 Å². The molecule has 2 aromatic rings. The minimum Gasteiger partial charge on any atom is -0.350 e. The maximum atomic E-state index is 12.4. The molecule has 126 valence electrons. The summed E-state index contributed by atoms with van der Waals surface area (Å²) >= 11 is 7.36. The van der Waals surface area contributed by atoms with Crippen molar-refractivity contribution in [2.45, 2.75) is 24.4 Å². The van der Waals surface area contributed by atoms with Crippen LogP contribution >= 0.6 is 23.4 Å². The lowest BCUT2D eigenvalue weighted by atomic mass is 10.2. The first-order valence-corrected chi connectivity index (χ1v) is 8.88. The van der Waals surface area contributed by atoms with Crippen LogP contribution in [0.25, 0.3) is 0 Å². The average Bonchev–Trinajstić information content (AvgIpc) is 2.58. The van der Waals surface area contributed by atoms with Crippen molar-refractivity contribution in [3.63, 3.8) is 0 Å². The third-order valence-corrected chi connectivity index (χ3v) is 4.59. The predicted molar refractivity (Wildman–Crippen MR) is 98.1 cm³/mol. The summed E-state index contributed by atoms with van der Waals surface area (Å²) in [5, 5.41) is 6.23. The molecular formula is C18H19ClN2O2S. The molecule has 0 aliphatic rings. The largest absolute Gasteiger partial charge is 0.350 e. The number of hydrogen-bond acceptors (Lipinski definition) is 3. The summed E-state index contributed by atoms with van der Waals surface area (Å²) in [7, 11) is 0. The number of carbonyl (C=O) groups is 2. The zero-order valence-electron chi connectivity index (χ0n) is 13.3. The summed E-state index contributed by atoms with van der Waals surface area (Å²) in [6.07, 6.45) is 0. The van der Waals surface area contributed by atoms with Crippen molar-refractivity contribution in [2.24, 2.45) is 0 Å². The zero-order chi connectivity index (χ0) is 17.4. The Kier molecular flexibility index (Phi) is 7.15. The van der Waals surface area contributed by atoms with E-state index in [0.29, 0.717) is 17.3 Å². The van der Waals surface area contributed by atoms with Gasteiger partial charge in [-0.3, -0.25) is 9.59 Å². The van der Waals surface area contributed by atoms with Gasteiger partial charge in [-0.25, -0.2) is 0 Å². The molecule has 1 atom stereocenters. The molecule has 0 saturated heterocycles. The van der Waals surface area contributed by atoms with Crippen LogP contribution < -0.4 is 10.6 Å². The van der Waals surface area contributed by atoms with Crippen LogP contribution in [0.3, 0.4) is 0 Å². The van der Waals surface area contributed by atoms with E-state index in [4.69, 9.17) is 11.6 Å². The third-order valence-electron chi connectivity index (χ3n) is 3.23. The van der Waals surface area contributed by atoms with Gasteiger partial charge in [0.25, 0.3) is 0 Å². The van der Waals surface area contributed by atoms with Crippen molar-refractivity contribution < 1.29 is 9.59 Å². The van der Waals surface area contributed by atoms with Gasteiger partial charge in [0.2, 0.25) is 11.8 Å². The van der Waals surface area contributed by atoms with Gasteiger partial charge in [-0.05, 0) is 29.8 Å². The van der Waals surface area contributed by atoms with Crippen LogP contribution in [0.1, 0.15) is 12.5 Å². The molecule has 0 aliphatic heterocycles. The Balaban J connectivity index is 1.92. The van der Waals surface area contributed by atoms with Crippen molar-refractivity contribution in [1.29, 1.82) is 0 Å². The van der Waals surface area contributed by atoms with E-state index in [1.165, 1.54) is 18.7 Å². The van der Waals surface area contributed by atoms with Crippen molar-refractivity contribution >= 4 is 35.2 Å². The van der Waals surface area contributed by atoms with Crippen LogP contribution in [0.5, 0.6) is 0 Å². The highest BCUT2D eigenvalue weighted by Gasteiger charge is 2.19. The second-order valence-electron chi connectivity index (χ2n) is 5.22. The molecule has 2 amide bonds. The summed E-state index contributed by atoms with van der Waals surface area (Å²) in [5.41, 5.74) is 1.01. The Labute approximate surface area is 151 Å². The molecule has 4 nitrogen and oxygen atoms in total. The van der Waals surface area contributed by atoms with E-state index in [1.54, 1.807) is 12.1 Å². The van der Waals surface area contributed by atoms with Crippen molar-refractivity contribution in [3.8, 4) is 0 Å². The van der Waals surface area contributed by atoms with Crippen LogP contribution in [0.4, 0.5) is 0 Å². The van der Waals surface area contributed by atoms with Crippen LogP contribution in [-0.4, -0.2) is 23.6 Å². The molecule has 0 spiro atoms. The maximum absolute atomic E-state index is 12.4. The normalized spacial score (nSPS) is 11.6. The van der Waals surface area contributed by atoms with Gasteiger partial charge >= 0.3 is 0 Å². The average molecular weight is 363 g/mol. The summed E-state index contributed by atoms with van der Waals surface area (Å²) in [6, 6.07) is 16.4. The maximum Gasteiger partial charge on any atom is 0.243 e. The quantitative estimate of drug-likeness (QED) is 0.743. The molecule has 0 bridgehead atoms. The first kappa shape index (κ1) is 18.4. The van der Waals surface area contributed by atoms with E-state index in [-0.39, 0.29) is 11.8 Å². The van der Waals surface area contributed by atoms with Gasteiger partial charge in [0, 0.05) is 29.1 Å². The second-order valence-corrected chi connectivity index (χ2v) is 6.75. The highest BCUT2D eigenvalue weighted by Crippen LogP contribution is 2.21. The van der Waals surface area contributed by atoms with Gasteiger partial charge in [-0.15, -0.1) is 11.8 Å². The smallest absolute Gasteiger partial charge is 0.243 e. The van der Waals surface area contributed by atoms with Crippen molar-refractivity contribution in [1.82, 2.24) is 10.6 Å². The fourth-order valence-corrected chi connectivity index (χ4v) is 3.10. The lowest BCUT2D eigenvalue weighted by Crippen LogP contribution is -2.47. The van der Waals surface area contributed by atoms with E-state index in [0.717, 1.165) is 10.5 Å². The number of halogens is 1. The topological polar surface area (TPSA) is 58.2 Å². The van der Waals surface area contributed by atoms with Gasteiger partial charge in [-0.1, -0.05) is 41.9 Å². The number of carbonyl (C=O) groups excluding carboxylic acids is 2. The van der Waals surface area contributed by atoms with Gasteiger partial charge < -0.3 is 10.6 Å². The monoisotopic (exact) mass is 362 g/mol. The zero-order valence-corrected chi connectivity index (χ0v) is 14.9. The number of amides is 2. The lowest BCUT2D eigenvalue weighted by Gasteiger charge is -2.17. The Morgan fingerprint density at radius 2 is 1.75 bits per heavy atom. The number of rotatable bonds is 7. The highest BCUT2D eigenvalue weighted by atomic mass is 35.5. The molecule has 0 saturated carbocycles. The molecule has 2 N–H and O–H groups in total. The van der Waals surface area contributed by atoms with Crippen LogP contribution in [0, 0.1) is 0 Å². The van der Waals surface area contributed by atoms with E-state index < -0.39 is 6.04 Å². The minimum atomic E-state index is -0.591. The molecule has 6 heteroatoms. The Morgan fingerprint density at radius 3 is 2.38 bits per heavy atom. The first-order valence-electron chi connectivity index (χ1n) is 7.51. The molecule has 2 aromatic carbocycles. The summed E-state index contributed by atoms with van der Waals surface area (Å²) in [4.78, 5) is 24.7.